The molecule has 4 rings (SSSR count). The summed E-state index contributed by atoms with van der Waals surface area (Å²) in [5, 5.41) is 6.30. The van der Waals surface area contributed by atoms with Crippen LogP contribution in [-0.4, -0.2) is 26.1 Å². The number of halogens is 5. The van der Waals surface area contributed by atoms with Crippen molar-refractivity contribution in [3.8, 4) is 0 Å². The van der Waals surface area contributed by atoms with E-state index in [0.29, 0.717) is 21.3 Å². The van der Waals surface area contributed by atoms with E-state index in [-0.39, 0.29) is 16.5 Å². The van der Waals surface area contributed by atoms with Gasteiger partial charge in [0.25, 0.3) is 5.91 Å². The van der Waals surface area contributed by atoms with Crippen molar-refractivity contribution in [2.45, 2.75) is 10.3 Å². The second-order valence-electron chi connectivity index (χ2n) is 7.04. The molecule has 164 valence electrons. The summed E-state index contributed by atoms with van der Waals surface area (Å²) < 4.78 is -1.32. The summed E-state index contributed by atoms with van der Waals surface area (Å²) in [6, 6.07) is 11.0. The van der Waals surface area contributed by atoms with Crippen LogP contribution >= 0.6 is 58.0 Å². The molecular weight excluding hydrogens is 518 g/mol. The van der Waals surface area contributed by atoms with Crippen LogP contribution < -0.4 is 10.6 Å². The van der Waals surface area contributed by atoms with E-state index in [0.717, 1.165) is 0 Å². The first-order valence-electron chi connectivity index (χ1n) is 9.19. The summed E-state index contributed by atoms with van der Waals surface area (Å²) in [5.74, 6) is -2.06. The molecule has 3 aromatic rings. The molecule has 2 N–H and O–H groups in total. The van der Waals surface area contributed by atoms with Crippen LogP contribution in [0.2, 0.25) is 15.1 Å². The van der Waals surface area contributed by atoms with E-state index in [1.807, 2.05) is 0 Å². The van der Waals surface area contributed by atoms with Crippen molar-refractivity contribution in [2.75, 3.05) is 10.6 Å². The van der Waals surface area contributed by atoms with Crippen molar-refractivity contribution in [3.63, 3.8) is 0 Å². The molecule has 1 aromatic heterocycles. The van der Waals surface area contributed by atoms with Gasteiger partial charge < -0.3 is 5.32 Å². The van der Waals surface area contributed by atoms with E-state index in [4.69, 9.17) is 58.0 Å². The maximum Gasteiger partial charge on any atom is 0.259 e. The van der Waals surface area contributed by atoms with E-state index >= 15 is 0 Å². The van der Waals surface area contributed by atoms with Crippen molar-refractivity contribution in [1.29, 1.82) is 0 Å². The van der Waals surface area contributed by atoms with Gasteiger partial charge in [0.2, 0.25) is 11.9 Å². The van der Waals surface area contributed by atoms with Gasteiger partial charge in [-0.1, -0.05) is 34.8 Å². The minimum atomic E-state index is -1.32. The van der Waals surface area contributed by atoms with Crippen LogP contribution in [0, 0.1) is 5.92 Å². The number of carbonyl (C=O) groups is 2. The first kappa shape index (κ1) is 23.1. The van der Waals surface area contributed by atoms with Gasteiger partial charge in [-0.25, -0.2) is 9.97 Å². The number of hydrogen-bond donors (Lipinski definition) is 2. The predicted octanol–water partition coefficient (Wildman–Crippen LogP) is 6.22. The van der Waals surface area contributed by atoms with Crippen molar-refractivity contribution in [2.24, 2.45) is 5.92 Å². The SMILES string of the molecule is O=C(Nc1ncccn1)c1cc(NC(=O)[C@H]2[C@H](c3cc(Cl)cc(Cl)c3)C2(Cl)Cl)ccc1Cl. The minimum absolute atomic E-state index is 0.123. The summed E-state index contributed by atoms with van der Waals surface area (Å²) in [6.07, 6.45) is 2.98. The zero-order valence-electron chi connectivity index (χ0n) is 16.0. The number of rotatable bonds is 5. The van der Waals surface area contributed by atoms with Gasteiger partial charge in [0, 0.05) is 34.0 Å². The smallest absolute Gasteiger partial charge is 0.259 e. The summed E-state index contributed by atoms with van der Waals surface area (Å²) >= 11 is 31.1. The maximum absolute atomic E-state index is 12.9. The van der Waals surface area contributed by atoms with Crippen LogP contribution in [0.3, 0.4) is 0 Å². The van der Waals surface area contributed by atoms with E-state index in [1.165, 1.54) is 24.5 Å². The fourth-order valence-corrected chi connectivity index (χ4v) is 4.93. The molecule has 1 aliphatic carbocycles. The Balaban J connectivity index is 1.51. The van der Waals surface area contributed by atoms with Crippen LogP contribution in [0.25, 0.3) is 0 Å². The summed E-state index contributed by atoms with van der Waals surface area (Å²) in [4.78, 5) is 33.3. The fraction of sp³-hybridized carbons (Fsp3) is 0.143. The van der Waals surface area contributed by atoms with Crippen molar-refractivity contribution < 1.29 is 9.59 Å². The molecule has 11 heteroatoms. The third-order valence-corrected chi connectivity index (χ3v) is 6.56. The molecule has 6 nitrogen and oxygen atoms in total. The lowest BCUT2D eigenvalue weighted by Gasteiger charge is -2.09. The van der Waals surface area contributed by atoms with Gasteiger partial charge in [-0.05, 0) is 48.0 Å². The molecule has 1 aliphatic rings. The van der Waals surface area contributed by atoms with Crippen LogP contribution in [0.5, 0.6) is 0 Å². The number of nitrogens with zero attached hydrogens (tertiary/aromatic N) is 2. The molecule has 0 unspecified atom stereocenters. The van der Waals surface area contributed by atoms with Gasteiger partial charge in [-0.2, -0.15) is 0 Å². The quantitative estimate of drug-likeness (QED) is 0.384. The molecule has 0 saturated heterocycles. The van der Waals surface area contributed by atoms with Gasteiger partial charge in [-0.15, -0.1) is 23.2 Å². The molecule has 2 amide bonds. The Morgan fingerprint density at radius 1 is 0.906 bits per heavy atom. The zero-order chi connectivity index (χ0) is 23.0. The number of hydrogen-bond acceptors (Lipinski definition) is 4. The Bertz CT molecular complexity index is 1190. The number of nitrogens with one attached hydrogen (secondary N) is 2. The topological polar surface area (TPSA) is 84.0 Å². The van der Waals surface area contributed by atoms with E-state index in [2.05, 4.69) is 20.6 Å². The predicted molar refractivity (Wildman–Crippen MR) is 127 cm³/mol. The standard InChI is InChI=1S/C21H13Cl5N4O2/c22-11-6-10(7-12(23)8-11)16-17(21(16,25)26)19(32)29-13-2-3-15(24)14(9-13)18(31)30-20-27-4-1-5-28-20/h1-9,16-17H,(H,29,32)(H,27,28,30,31)/t16-,17+/m0/s1. The molecule has 0 bridgehead atoms. The lowest BCUT2D eigenvalue weighted by molar-refractivity contribution is -0.117. The Morgan fingerprint density at radius 3 is 2.22 bits per heavy atom. The van der Waals surface area contributed by atoms with Crippen molar-refractivity contribution >= 4 is 81.5 Å². The minimum Gasteiger partial charge on any atom is -0.326 e. The second-order valence-corrected chi connectivity index (χ2v) is 9.77. The normalized spacial score (nSPS) is 18.7. The average Bonchev–Trinajstić information content (AvgIpc) is 3.31. The molecule has 1 heterocycles. The molecule has 1 fully saturated rings. The number of anilines is 2. The molecule has 2 aromatic carbocycles. The Kier molecular flexibility index (Phi) is 6.52. The third kappa shape index (κ3) is 4.80. The molecular formula is C21H13Cl5N4O2. The fourth-order valence-electron chi connectivity index (χ4n) is 3.35. The lowest BCUT2D eigenvalue weighted by atomic mass is 10.1. The number of alkyl halides is 2. The molecule has 0 spiro atoms. The summed E-state index contributed by atoms with van der Waals surface area (Å²) in [7, 11) is 0. The molecule has 2 atom stereocenters. The summed E-state index contributed by atoms with van der Waals surface area (Å²) in [5.41, 5.74) is 1.14. The highest BCUT2D eigenvalue weighted by atomic mass is 35.5. The third-order valence-electron chi connectivity index (χ3n) is 4.85. The molecule has 32 heavy (non-hydrogen) atoms. The van der Waals surface area contributed by atoms with Crippen LogP contribution in [-0.2, 0) is 4.79 Å². The lowest BCUT2D eigenvalue weighted by Crippen LogP contribution is -2.18. The number of carbonyl (C=O) groups excluding carboxylic acids is 2. The summed E-state index contributed by atoms with van der Waals surface area (Å²) in [6.45, 7) is 0. The van der Waals surface area contributed by atoms with Crippen molar-refractivity contribution in [1.82, 2.24) is 9.97 Å². The van der Waals surface area contributed by atoms with Crippen LogP contribution in [0.15, 0.2) is 54.9 Å². The highest BCUT2D eigenvalue weighted by Gasteiger charge is 2.67. The van der Waals surface area contributed by atoms with Gasteiger partial charge in [0.1, 0.15) is 4.33 Å². The first-order chi connectivity index (χ1) is 15.2. The largest absolute Gasteiger partial charge is 0.326 e. The maximum atomic E-state index is 12.9. The second kappa shape index (κ2) is 9.04. The van der Waals surface area contributed by atoms with E-state index < -0.39 is 28.0 Å². The Hall–Kier alpha value is -2.09. The van der Waals surface area contributed by atoms with E-state index in [1.54, 1.807) is 30.3 Å². The van der Waals surface area contributed by atoms with Gasteiger partial charge in [0.05, 0.1) is 16.5 Å². The first-order valence-corrected chi connectivity index (χ1v) is 11.1. The van der Waals surface area contributed by atoms with Crippen LogP contribution in [0.4, 0.5) is 11.6 Å². The molecule has 0 aliphatic heterocycles. The molecule has 1 saturated carbocycles. The van der Waals surface area contributed by atoms with Gasteiger partial charge >= 0.3 is 0 Å². The Labute approximate surface area is 208 Å². The number of amides is 2. The Morgan fingerprint density at radius 2 is 1.56 bits per heavy atom. The molecule has 0 radical (unpaired) electrons. The average molecular weight is 531 g/mol. The van der Waals surface area contributed by atoms with Gasteiger partial charge in [-0.3, -0.25) is 14.9 Å². The zero-order valence-corrected chi connectivity index (χ0v) is 19.7. The highest BCUT2D eigenvalue weighted by Crippen LogP contribution is 2.65. The van der Waals surface area contributed by atoms with E-state index in [9.17, 15) is 9.59 Å². The van der Waals surface area contributed by atoms with Crippen molar-refractivity contribution in [3.05, 3.63) is 81.1 Å². The monoisotopic (exact) mass is 528 g/mol. The van der Waals surface area contributed by atoms with Crippen LogP contribution in [0.1, 0.15) is 21.8 Å². The number of benzene rings is 2. The number of aromatic nitrogens is 2. The van der Waals surface area contributed by atoms with Gasteiger partial charge in [0.15, 0.2) is 0 Å². The highest BCUT2D eigenvalue weighted by molar-refractivity contribution is 6.53.